The molecule has 0 saturated heterocycles. The van der Waals surface area contributed by atoms with Crippen LogP contribution in [0.5, 0.6) is 0 Å². The van der Waals surface area contributed by atoms with Crippen LogP contribution in [-0.4, -0.2) is 19.3 Å². The highest BCUT2D eigenvalue weighted by atomic mass is 35.5. The number of hydrogen-bond acceptors (Lipinski definition) is 5. The van der Waals surface area contributed by atoms with Crippen LogP contribution in [0.4, 0.5) is 0 Å². The first-order chi connectivity index (χ1) is 8.00. The molecular formula is C9H11Cl2O2PS3. The van der Waals surface area contributed by atoms with Gasteiger partial charge < -0.3 is 9.05 Å². The monoisotopic (exact) mass is 348 g/mol. The molecule has 8 heteroatoms. The summed E-state index contributed by atoms with van der Waals surface area (Å²) in [5.41, 5.74) is -2.17. The summed E-state index contributed by atoms with van der Waals surface area (Å²) in [6, 6.07) is 5.53. The Morgan fingerprint density at radius 2 is 1.88 bits per heavy atom. The molecule has 0 bridgehead atoms. The minimum atomic E-state index is -2.17. The molecule has 0 fully saturated rings. The summed E-state index contributed by atoms with van der Waals surface area (Å²) in [6.45, 7) is 0. The molecule has 0 N–H and O–H groups in total. The fourth-order valence-corrected chi connectivity index (χ4v) is 6.70. The Morgan fingerprint density at radius 3 is 2.41 bits per heavy atom. The van der Waals surface area contributed by atoms with Crippen LogP contribution in [0.15, 0.2) is 23.1 Å². The lowest BCUT2D eigenvalue weighted by Crippen LogP contribution is -1.83. The normalized spacial score (nSPS) is 11.8. The third kappa shape index (κ3) is 5.29. The van der Waals surface area contributed by atoms with E-state index in [4.69, 9.17) is 44.1 Å². The quantitative estimate of drug-likeness (QED) is 0.393. The molecule has 0 heterocycles. The average molecular weight is 349 g/mol. The number of thioether (sulfide) groups is 1. The van der Waals surface area contributed by atoms with Crippen molar-refractivity contribution in [2.45, 2.75) is 4.90 Å². The molecule has 2 nitrogen and oxygen atoms in total. The fourth-order valence-electron chi connectivity index (χ4n) is 0.906. The maximum Gasteiger partial charge on any atom is 0.247 e. The van der Waals surface area contributed by atoms with Gasteiger partial charge in [-0.25, -0.2) is 0 Å². The molecule has 0 aromatic heterocycles. The van der Waals surface area contributed by atoms with Crippen molar-refractivity contribution >= 4 is 63.8 Å². The Kier molecular flexibility index (Phi) is 7.22. The molecule has 0 amide bonds. The second-order valence-electron chi connectivity index (χ2n) is 2.78. The summed E-state index contributed by atoms with van der Waals surface area (Å²) < 4.78 is 10.3. The van der Waals surface area contributed by atoms with E-state index in [2.05, 4.69) is 0 Å². The lowest BCUT2D eigenvalue weighted by atomic mass is 10.4. The van der Waals surface area contributed by atoms with Gasteiger partial charge >= 0.3 is 0 Å². The second-order valence-corrected chi connectivity index (χ2v) is 11.5. The van der Waals surface area contributed by atoms with Crippen LogP contribution in [0, 0.1) is 0 Å². The van der Waals surface area contributed by atoms with Gasteiger partial charge in [0.25, 0.3) is 0 Å². The van der Waals surface area contributed by atoms with E-state index in [1.807, 2.05) is 12.1 Å². The first-order valence-corrected chi connectivity index (χ1v) is 10.4. The topological polar surface area (TPSA) is 18.5 Å². The van der Waals surface area contributed by atoms with Crippen molar-refractivity contribution in [2.24, 2.45) is 0 Å². The van der Waals surface area contributed by atoms with Gasteiger partial charge in [-0.2, -0.15) is 0 Å². The minimum Gasteiger partial charge on any atom is -0.325 e. The molecule has 0 atom stereocenters. The molecule has 0 spiro atoms. The van der Waals surface area contributed by atoms with Crippen LogP contribution in [0.2, 0.25) is 10.0 Å². The van der Waals surface area contributed by atoms with Crippen molar-refractivity contribution in [2.75, 3.05) is 19.3 Å². The highest BCUT2D eigenvalue weighted by Gasteiger charge is 2.15. The van der Waals surface area contributed by atoms with E-state index in [9.17, 15) is 0 Å². The molecule has 0 aliphatic heterocycles. The SMILES string of the molecule is COP(=S)(OC)SCSc1ccc(Cl)c(Cl)c1. The van der Waals surface area contributed by atoms with Gasteiger partial charge in [0.2, 0.25) is 5.69 Å². The Balaban J connectivity index is 2.51. The number of benzene rings is 1. The summed E-state index contributed by atoms with van der Waals surface area (Å²) >= 11 is 20.1. The summed E-state index contributed by atoms with van der Waals surface area (Å²) in [5.74, 6) is 0. The molecule has 0 aliphatic rings. The smallest absolute Gasteiger partial charge is 0.247 e. The van der Waals surface area contributed by atoms with Crippen molar-refractivity contribution in [3.63, 3.8) is 0 Å². The molecule has 17 heavy (non-hydrogen) atoms. The maximum absolute atomic E-state index is 5.92. The number of halogens is 2. The zero-order chi connectivity index (χ0) is 12.9. The highest BCUT2D eigenvalue weighted by Crippen LogP contribution is 2.60. The Hall–Kier alpha value is 1.07. The van der Waals surface area contributed by atoms with Gasteiger partial charge in [-0.05, 0) is 30.0 Å². The first kappa shape index (κ1) is 16.1. The van der Waals surface area contributed by atoms with Crippen LogP contribution in [0.3, 0.4) is 0 Å². The van der Waals surface area contributed by atoms with Crippen LogP contribution >= 0.6 is 52.0 Å². The Morgan fingerprint density at radius 1 is 1.24 bits per heavy atom. The molecule has 0 radical (unpaired) electrons. The van der Waals surface area contributed by atoms with E-state index < -0.39 is 5.69 Å². The van der Waals surface area contributed by atoms with E-state index in [1.165, 1.54) is 11.4 Å². The van der Waals surface area contributed by atoms with Crippen molar-refractivity contribution < 1.29 is 9.05 Å². The van der Waals surface area contributed by atoms with Crippen molar-refractivity contribution in [3.05, 3.63) is 28.2 Å². The Bertz CT molecular complexity index is 423. The van der Waals surface area contributed by atoms with Gasteiger partial charge in [-0.3, -0.25) is 0 Å². The summed E-state index contributed by atoms with van der Waals surface area (Å²) in [7, 11) is 3.14. The van der Waals surface area contributed by atoms with E-state index in [0.717, 1.165) is 9.98 Å². The van der Waals surface area contributed by atoms with Crippen LogP contribution < -0.4 is 0 Å². The third-order valence-electron chi connectivity index (χ3n) is 1.77. The van der Waals surface area contributed by atoms with Gasteiger partial charge in [0.1, 0.15) is 0 Å². The summed E-state index contributed by atoms with van der Waals surface area (Å²) in [5, 5.41) is 1.86. The molecule has 1 rings (SSSR count). The van der Waals surface area contributed by atoms with E-state index in [-0.39, 0.29) is 0 Å². The zero-order valence-corrected chi connectivity index (χ0v) is 14.0. The second kappa shape index (κ2) is 7.61. The molecule has 1 aromatic carbocycles. The molecule has 96 valence electrons. The van der Waals surface area contributed by atoms with E-state index >= 15 is 0 Å². The Labute approximate surface area is 125 Å². The standard InChI is InChI=1S/C9H11Cl2O2PS3/c1-12-14(15,13-2)17-6-16-7-3-4-8(10)9(11)5-7/h3-5H,6H2,1-2H3. The maximum atomic E-state index is 5.92. The zero-order valence-electron chi connectivity index (χ0n) is 9.18. The van der Waals surface area contributed by atoms with Crippen LogP contribution in [0.1, 0.15) is 0 Å². The van der Waals surface area contributed by atoms with Gasteiger partial charge in [-0.15, -0.1) is 11.8 Å². The summed E-state index contributed by atoms with van der Waals surface area (Å²) in [6.07, 6.45) is 0. The predicted molar refractivity (Wildman–Crippen MR) is 83.1 cm³/mol. The van der Waals surface area contributed by atoms with E-state index in [0.29, 0.717) is 10.0 Å². The number of hydrogen-bond donors (Lipinski definition) is 0. The van der Waals surface area contributed by atoms with Crippen molar-refractivity contribution in [1.29, 1.82) is 0 Å². The molecule has 0 saturated carbocycles. The van der Waals surface area contributed by atoms with Gasteiger partial charge in [0.15, 0.2) is 0 Å². The van der Waals surface area contributed by atoms with Crippen LogP contribution in [0.25, 0.3) is 0 Å². The lowest BCUT2D eigenvalue weighted by Gasteiger charge is -2.16. The molecule has 0 unspecified atom stereocenters. The molecule has 0 aliphatic carbocycles. The predicted octanol–water partition coefficient (Wildman–Crippen LogP) is 5.29. The largest absolute Gasteiger partial charge is 0.325 e. The van der Waals surface area contributed by atoms with Crippen molar-refractivity contribution in [3.8, 4) is 0 Å². The molecule has 1 aromatic rings. The fraction of sp³-hybridized carbons (Fsp3) is 0.333. The van der Waals surface area contributed by atoms with Gasteiger partial charge in [-0.1, -0.05) is 34.6 Å². The minimum absolute atomic E-state index is 0.555. The highest BCUT2D eigenvalue weighted by molar-refractivity contribution is 8.69. The summed E-state index contributed by atoms with van der Waals surface area (Å²) in [4.78, 5) is 1.04. The van der Waals surface area contributed by atoms with Crippen LogP contribution in [-0.2, 0) is 20.9 Å². The van der Waals surface area contributed by atoms with Gasteiger partial charge in [0, 0.05) is 19.1 Å². The molecular weight excluding hydrogens is 338 g/mol. The first-order valence-electron chi connectivity index (χ1n) is 4.44. The van der Waals surface area contributed by atoms with Crippen molar-refractivity contribution in [1.82, 2.24) is 0 Å². The van der Waals surface area contributed by atoms with E-state index in [1.54, 1.807) is 32.0 Å². The van der Waals surface area contributed by atoms with Gasteiger partial charge in [0.05, 0.1) is 15.1 Å². The lowest BCUT2D eigenvalue weighted by molar-refractivity contribution is 0.354. The number of rotatable bonds is 6. The average Bonchev–Trinajstić information content (AvgIpc) is 2.33. The third-order valence-corrected chi connectivity index (χ3v) is 9.84.